The fourth-order valence-corrected chi connectivity index (χ4v) is 4.01. The van der Waals surface area contributed by atoms with Gasteiger partial charge in [0.1, 0.15) is 17.3 Å². The lowest BCUT2D eigenvalue weighted by Crippen LogP contribution is -2.37. The summed E-state index contributed by atoms with van der Waals surface area (Å²) in [4.78, 5) is 21.0. The molecule has 35 heavy (non-hydrogen) atoms. The first-order chi connectivity index (χ1) is 16.9. The van der Waals surface area contributed by atoms with Crippen LogP contribution in [0.4, 0.5) is 5.82 Å². The molecular weight excluding hydrogens is 440 g/mol. The van der Waals surface area contributed by atoms with E-state index >= 15 is 0 Å². The largest absolute Gasteiger partial charge is 0.477 e. The van der Waals surface area contributed by atoms with Crippen molar-refractivity contribution in [3.05, 3.63) is 77.8 Å². The maximum atomic E-state index is 5.82. The Morgan fingerprint density at radius 2 is 1.80 bits per heavy atom. The number of rotatable bonds is 7. The van der Waals surface area contributed by atoms with Crippen LogP contribution in [0.15, 0.2) is 55.1 Å². The van der Waals surface area contributed by atoms with Gasteiger partial charge in [-0.25, -0.2) is 19.9 Å². The van der Waals surface area contributed by atoms with Gasteiger partial charge < -0.3 is 18.8 Å². The minimum Gasteiger partial charge on any atom is -0.477 e. The molecule has 0 atom stereocenters. The second-order valence-corrected chi connectivity index (χ2v) is 10.2. The van der Waals surface area contributed by atoms with Crippen LogP contribution in [0.3, 0.4) is 0 Å². The number of ether oxygens (including phenoxy) is 2. The number of aromatic nitrogens is 5. The molecular formula is C27H32N6O2. The number of pyridine rings is 2. The van der Waals surface area contributed by atoms with Crippen molar-refractivity contribution >= 4 is 11.5 Å². The van der Waals surface area contributed by atoms with Crippen molar-refractivity contribution in [1.29, 1.82) is 0 Å². The Morgan fingerprint density at radius 1 is 0.943 bits per heavy atom. The lowest BCUT2D eigenvalue weighted by molar-refractivity contribution is 0.122. The van der Waals surface area contributed by atoms with Gasteiger partial charge in [-0.3, -0.25) is 0 Å². The van der Waals surface area contributed by atoms with Crippen LogP contribution < -0.4 is 9.64 Å². The molecule has 1 fully saturated rings. The fourth-order valence-electron chi connectivity index (χ4n) is 4.01. The van der Waals surface area contributed by atoms with Crippen molar-refractivity contribution in [1.82, 2.24) is 24.3 Å². The number of anilines is 1. The van der Waals surface area contributed by atoms with E-state index < -0.39 is 0 Å². The molecule has 0 bridgehead atoms. The van der Waals surface area contributed by atoms with E-state index in [0.717, 1.165) is 41.6 Å². The van der Waals surface area contributed by atoms with Crippen LogP contribution in [0.1, 0.15) is 43.4 Å². The average Bonchev–Trinajstić information content (AvgIpc) is 3.32. The van der Waals surface area contributed by atoms with Crippen molar-refractivity contribution in [2.45, 2.75) is 33.6 Å². The van der Waals surface area contributed by atoms with E-state index in [2.05, 4.69) is 53.8 Å². The highest BCUT2D eigenvalue weighted by atomic mass is 16.5. The molecule has 1 aliphatic rings. The standard InChI is InChI=1S/C27H32N6O2/c1-27(2,3)19-35-26-5-4-21(18-29-26)15-23-30-22(17-25(31-23)33-10-12-34-13-11-33)14-20-6-8-32-9-7-28-24(32)16-20/h4-9,16-18H,10-15,19H2,1-3H3. The molecule has 0 saturated carbocycles. The molecule has 1 saturated heterocycles. The van der Waals surface area contributed by atoms with Gasteiger partial charge in [0.15, 0.2) is 0 Å². The van der Waals surface area contributed by atoms with E-state index in [1.807, 2.05) is 41.3 Å². The van der Waals surface area contributed by atoms with Crippen LogP contribution in [0, 0.1) is 5.41 Å². The zero-order valence-electron chi connectivity index (χ0n) is 20.6. The van der Waals surface area contributed by atoms with E-state index in [1.165, 1.54) is 5.56 Å². The molecule has 0 radical (unpaired) electrons. The summed E-state index contributed by atoms with van der Waals surface area (Å²) in [6.45, 7) is 10.1. The first-order valence-electron chi connectivity index (χ1n) is 12.1. The number of fused-ring (bicyclic) bond motifs is 1. The van der Waals surface area contributed by atoms with Crippen LogP contribution in [-0.2, 0) is 17.6 Å². The predicted molar refractivity (Wildman–Crippen MR) is 135 cm³/mol. The van der Waals surface area contributed by atoms with Gasteiger partial charge in [-0.1, -0.05) is 26.8 Å². The summed E-state index contributed by atoms with van der Waals surface area (Å²) in [7, 11) is 0. The highest BCUT2D eigenvalue weighted by Gasteiger charge is 2.16. The molecule has 5 heterocycles. The van der Waals surface area contributed by atoms with Gasteiger partial charge in [-0.2, -0.15) is 0 Å². The minimum absolute atomic E-state index is 0.0899. The van der Waals surface area contributed by atoms with Gasteiger partial charge in [-0.15, -0.1) is 0 Å². The third-order valence-electron chi connectivity index (χ3n) is 5.81. The van der Waals surface area contributed by atoms with Crippen LogP contribution in [0.2, 0.25) is 0 Å². The lowest BCUT2D eigenvalue weighted by Gasteiger charge is -2.28. The fraction of sp³-hybridized carbons (Fsp3) is 0.407. The van der Waals surface area contributed by atoms with Crippen LogP contribution in [0.5, 0.6) is 5.88 Å². The van der Waals surface area contributed by atoms with Crippen LogP contribution in [0.25, 0.3) is 5.65 Å². The Hall–Kier alpha value is -3.52. The Labute approximate surface area is 206 Å². The molecule has 4 aromatic rings. The lowest BCUT2D eigenvalue weighted by atomic mass is 9.99. The molecule has 0 aromatic carbocycles. The summed E-state index contributed by atoms with van der Waals surface area (Å²) in [5, 5.41) is 0. The van der Waals surface area contributed by atoms with Crippen molar-refractivity contribution in [2.75, 3.05) is 37.8 Å². The van der Waals surface area contributed by atoms with E-state index in [1.54, 1.807) is 0 Å². The Kier molecular flexibility index (Phi) is 6.63. The van der Waals surface area contributed by atoms with E-state index in [0.29, 0.717) is 38.5 Å². The van der Waals surface area contributed by atoms with Gasteiger partial charge in [0.25, 0.3) is 0 Å². The maximum absolute atomic E-state index is 5.82. The molecule has 4 aromatic heterocycles. The maximum Gasteiger partial charge on any atom is 0.213 e. The second-order valence-electron chi connectivity index (χ2n) is 10.2. The zero-order valence-corrected chi connectivity index (χ0v) is 20.6. The smallest absolute Gasteiger partial charge is 0.213 e. The summed E-state index contributed by atoms with van der Waals surface area (Å²) in [5.74, 6) is 2.38. The summed E-state index contributed by atoms with van der Waals surface area (Å²) in [6, 6.07) is 10.3. The van der Waals surface area contributed by atoms with Gasteiger partial charge in [0, 0.05) is 62.9 Å². The molecule has 182 valence electrons. The van der Waals surface area contributed by atoms with Crippen LogP contribution in [-0.4, -0.2) is 57.2 Å². The first kappa shape index (κ1) is 23.2. The molecule has 0 unspecified atom stereocenters. The van der Waals surface area contributed by atoms with E-state index in [-0.39, 0.29) is 5.41 Å². The summed E-state index contributed by atoms with van der Waals surface area (Å²) < 4.78 is 13.4. The third-order valence-corrected chi connectivity index (χ3v) is 5.81. The van der Waals surface area contributed by atoms with Crippen molar-refractivity contribution in [3.8, 4) is 5.88 Å². The van der Waals surface area contributed by atoms with Gasteiger partial charge in [0.05, 0.1) is 25.5 Å². The molecule has 8 nitrogen and oxygen atoms in total. The minimum atomic E-state index is 0.0899. The average molecular weight is 473 g/mol. The Morgan fingerprint density at radius 3 is 2.57 bits per heavy atom. The van der Waals surface area contributed by atoms with Crippen molar-refractivity contribution in [3.63, 3.8) is 0 Å². The number of nitrogens with zero attached hydrogens (tertiary/aromatic N) is 6. The van der Waals surface area contributed by atoms with Crippen LogP contribution >= 0.6 is 0 Å². The summed E-state index contributed by atoms with van der Waals surface area (Å²) >= 11 is 0. The molecule has 0 amide bonds. The van der Waals surface area contributed by atoms with E-state index in [9.17, 15) is 0 Å². The SMILES string of the molecule is CC(C)(C)COc1ccc(Cc2nc(Cc3ccn4ccnc4c3)cc(N3CCOCC3)n2)cn1. The number of imidazole rings is 1. The van der Waals surface area contributed by atoms with Crippen molar-refractivity contribution in [2.24, 2.45) is 5.41 Å². The quantitative estimate of drug-likeness (QED) is 0.403. The number of hydrogen-bond donors (Lipinski definition) is 0. The van der Waals surface area contributed by atoms with Crippen molar-refractivity contribution < 1.29 is 9.47 Å². The van der Waals surface area contributed by atoms with Gasteiger partial charge >= 0.3 is 0 Å². The van der Waals surface area contributed by atoms with Gasteiger partial charge in [0.2, 0.25) is 5.88 Å². The topological polar surface area (TPSA) is 77.7 Å². The van der Waals surface area contributed by atoms with E-state index in [4.69, 9.17) is 19.4 Å². The molecule has 8 heteroatoms. The molecule has 1 aliphatic heterocycles. The van der Waals surface area contributed by atoms with Gasteiger partial charge in [-0.05, 0) is 28.7 Å². The summed E-state index contributed by atoms with van der Waals surface area (Å²) in [6.07, 6.45) is 8.98. The zero-order chi connectivity index (χ0) is 24.3. The second kappa shape index (κ2) is 10.00. The molecule has 0 N–H and O–H groups in total. The Balaban J connectivity index is 1.37. The summed E-state index contributed by atoms with van der Waals surface area (Å²) in [5.41, 5.74) is 4.24. The highest BCUT2D eigenvalue weighted by molar-refractivity contribution is 5.45. The molecule has 0 spiro atoms. The normalized spacial score (nSPS) is 14.4. The Bertz CT molecular complexity index is 1270. The molecule has 5 rings (SSSR count). The number of hydrogen-bond acceptors (Lipinski definition) is 7. The highest BCUT2D eigenvalue weighted by Crippen LogP contribution is 2.20. The first-order valence-corrected chi connectivity index (χ1v) is 12.1. The number of morpholine rings is 1. The molecule has 0 aliphatic carbocycles. The monoisotopic (exact) mass is 472 g/mol. The third kappa shape index (κ3) is 6.14. The predicted octanol–water partition coefficient (Wildman–Crippen LogP) is 3.96.